The molecule has 1 aromatic heterocycles. The first kappa shape index (κ1) is 11.8. The number of hydrogen-bond donors (Lipinski definition) is 1. The number of hydrogen-bond acceptors (Lipinski definition) is 6. The van der Waals surface area contributed by atoms with Gasteiger partial charge in [-0.15, -0.1) is 0 Å². The Morgan fingerprint density at radius 3 is 2.82 bits per heavy atom. The number of anilines is 1. The summed E-state index contributed by atoms with van der Waals surface area (Å²) in [5.74, 6) is 0.0140. The molecule has 0 bridgehead atoms. The van der Waals surface area contributed by atoms with Gasteiger partial charge in [-0.3, -0.25) is 10.1 Å². The molecule has 2 heterocycles. The summed E-state index contributed by atoms with van der Waals surface area (Å²) in [6.07, 6.45) is 2.19. The zero-order valence-corrected chi connectivity index (χ0v) is 9.76. The molecule has 1 atom stereocenters. The summed E-state index contributed by atoms with van der Waals surface area (Å²) >= 11 is 0. The van der Waals surface area contributed by atoms with Crippen molar-refractivity contribution in [2.24, 2.45) is 0 Å². The van der Waals surface area contributed by atoms with Gasteiger partial charge in [0, 0.05) is 0 Å². The second-order valence-corrected chi connectivity index (χ2v) is 6.26. The third kappa shape index (κ3) is 2.23. The summed E-state index contributed by atoms with van der Waals surface area (Å²) in [7, 11) is -3.09. The Hall–Kier alpha value is -1.64. The van der Waals surface area contributed by atoms with Gasteiger partial charge >= 0.3 is 5.69 Å². The van der Waals surface area contributed by atoms with Gasteiger partial charge in [0.1, 0.15) is 6.20 Å². The van der Waals surface area contributed by atoms with Crippen LogP contribution in [-0.4, -0.2) is 34.6 Å². The van der Waals surface area contributed by atoms with Crippen molar-refractivity contribution in [1.82, 2.24) is 9.78 Å². The van der Waals surface area contributed by atoms with Gasteiger partial charge in [-0.1, -0.05) is 0 Å². The van der Waals surface area contributed by atoms with Crippen LogP contribution in [0.1, 0.15) is 18.9 Å². The van der Waals surface area contributed by atoms with Gasteiger partial charge in [0.25, 0.3) is 0 Å². The number of aromatic nitrogens is 2. The number of nitrogens with two attached hydrogens (primary N) is 1. The monoisotopic (exact) mass is 260 g/mol. The van der Waals surface area contributed by atoms with Gasteiger partial charge in [-0.05, 0) is 12.8 Å². The normalized spacial score (nSPS) is 23.4. The number of rotatable bonds is 2. The SMILES string of the molecule is Nc1c([N+](=O)[O-])cnn1C1CCCS(=O)(=O)C1. The van der Waals surface area contributed by atoms with E-state index in [1.165, 1.54) is 4.68 Å². The minimum atomic E-state index is -3.09. The minimum absolute atomic E-state index is 0.0595. The van der Waals surface area contributed by atoms with E-state index in [1.807, 2.05) is 0 Å². The highest BCUT2D eigenvalue weighted by atomic mass is 32.2. The number of nitro groups is 1. The molecule has 9 heteroatoms. The topological polar surface area (TPSA) is 121 Å². The molecule has 0 spiro atoms. The number of nitrogen functional groups attached to an aromatic ring is 1. The van der Waals surface area contributed by atoms with Gasteiger partial charge < -0.3 is 5.73 Å². The van der Waals surface area contributed by atoms with E-state index in [-0.39, 0.29) is 23.0 Å². The molecule has 1 aliphatic heterocycles. The van der Waals surface area contributed by atoms with E-state index in [0.717, 1.165) is 6.20 Å². The highest BCUT2D eigenvalue weighted by molar-refractivity contribution is 7.91. The fourth-order valence-electron chi connectivity index (χ4n) is 1.99. The molecule has 1 unspecified atom stereocenters. The summed E-state index contributed by atoms with van der Waals surface area (Å²) in [6.45, 7) is 0. The van der Waals surface area contributed by atoms with Gasteiger partial charge in [-0.2, -0.15) is 5.10 Å². The van der Waals surface area contributed by atoms with Crippen LogP contribution in [0.5, 0.6) is 0 Å². The second-order valence-electron chi connectivity index (χ2n) is 4.03. The molecule has 1 fully saturated rings. The number of sulfone groups is 1. The molecule has 0 aliphatic carbocycles. The summed E-state index contributed by atoms with van der Waals surface area (Å²) in [4.78, 5) is 9.97. The quantitative estimate of drug-likeness (QED) is 0.595. The lowest BCUT2D eigenvalue weighted by Gasteiger charge is -2.22. The Kier molecular flexibility index (Phi) is 2.77. The molecule has 0 amide bonds. The fourth-order valence-corrected chi connectivity index (χ4v) is 3.65. The third-order valence-corrected chi connectivity index (χ3v) is 4.60. The molecule has 0 saturated carbocycles. The van der Waals surface area contributed by atoms with E-state index >= 15 is 0 Å². The standard InChI is InChI=1S/C8H12N4O4S/c9-8-7(12(13)14)4-10-11(8)6-2-1-3-17(15,16)5-6/h4,6H,1-3,5,9H2. The molecule has 2 N–H and O–H groups in total. The molecule has 0 aromatic carbocycles. The van der Waals surface area contributed by atoms with Crippen molar-refractivity contribution in [3.05, 3.63) is 16.3 Å². The predicted octanol–water partition coefficient (Wildman–Crippen LogP) is 0.123. The smallest absolute Gasteiger partial charge is 0.330 e. The van der Waals surface area contributed by atoms with E-state index in [2.05, 4.69) is 5.10 Å². The zero-order valence-electron chi connectivity index (χ0n) is 8.94. The maximum atomic E-state index is 11.5. The molecule has 2 rings (SSSR count). The lowest BCUT2D eigenvalue weighted by atomic mass is 10.2. The first-order chi connectivity index (χ1) is 7.91. The average Bonchev–Trinajstić information content (AvgIpc) is 2.58. The minimum Gasteiger partial charge on any atom is -0.378 e. The molecule has 1 saturated heterocycles. The number of nitrogens with zero attached hydrogens (tertiary/aromatic N) is 3. The van der Waals surface area contributed by atoms with Crippen LogP contribution in [0, 0.1) is 10.1 Å². The first-order valence-electron chi connectivity index (χ1n) is 5.08. The van der Waals surface area contributed by atoms with E-state index in [4.69, 9.17) is 5.73 Å². The lowest BCUT2D eigenvalue weighted by molar-refractivity contribution is -0.384. The largest absolute Gasteiger partial charge is 0.378 e. The lowest BCUT2D eigenvalue weighted by Crippen LogP contribution is -2.28. The summed E-state index contributed by atoms with van der Waals surface area (Å²) in [5, 5.41) is 14.4. The van der Waals surface area contributed by atoms with Gasteiger partial charge in [0.2, 0.25) is 5.82 Å². The van der Waals surface area contributed by atoms with Gasteiger partial charge in [0.05, 0.1) is 22.5 Å². The molecule has 1 aromatic rings. The summed E-state index contributed by atoms with van der Waals surface area (Å²) in [5.41, 5.74) is 5.30. The van der Waals surface area contributed by atoms with E-state index in [1.54, 1.807) is 0 Å². The van der Waals surface area contributed by atoms with Crippen LogP contribution >= 0.6 is 0 Å². The van der Waals surface area contributed by atoms with Crippen LogP contribution in [-0.2, 0) is 9.84 Å². The van der Waals surface area contributed by atoms with Crippen LogP contribution in [0.4, 0.5) is 11.5 Å². The maximum absolute atomic E-state index is 11.5. The Morgan fingerprint density at radius 1 is 1.59 bits per heavy atom. The molecule has 0 radical (unpaired) electrons. The zero-order chi connectivity index (χ0) is 12.6. The van der Waals surface area contributed by atoms with Gasteiger partial charge in [-0.25, -0.2) is 13.1 Å². The second kappa shape index (κ2) is 3.99. The van der Waals surface area contributed by atoms with Crippen molar-refractivity contribution in [2.75, 3.05) is 17.2 Å². The van der Waals surface area contributed by atoms with Crippen molar-refractivity contribution in [1.29, 1.82) is 0 Å². The van der Waals surface area contributed by atoms with Gasteiger partial charge in [0.15, 0.2) is 9.84 Å². The summed E-state index contributed by atoms with van der Waals surface area (Å²) < 4.78 is 24.2. The Labute approximate surface area is 97.5 Å². The molecule has 17 heavy (non-hydrogen) atoms. The molecular weight excluding hydrogens is 248 g/mol. The van der Waals surface area contributed by atoms with Crippen LogP contribution in [0.2, 0.25) is 0 Å². The van der Waals surface area contributed by atoms with Crippen LogP contribution in [0.15, 0.2) is 6.20 Å². The first-order valence-corrected chi connectivity index (χ1v) is 6.90. The average molecular weight is 260 g/mol. The van der Waals surface area contributed by atoms with E-state index in [9.17, 15) is 18.5 Å². The van der Waals surface area contributed by atoms with Crippen molar-refractivity contribution in [3.63, 3.8) is 0 Å². The predicted molar refractivity (Wildman–Crippen MR) is 60.2 cm³/mol. The van der Waals surface area contributed by atoms with Crippen molar-refractivity contribution >= 4 is 21.3 Å². The molecule has 94 valence electrons. The molecule has 1 aliphatic rings. The molecular formula is C8H12N4O4S. The van der Waals surface area contributed by atoms with Crippen molar-refractivity contribution in [2.45, 2.75) is 18.9 Å². The fraction of sp³-hybridized carbons (Fsp3) is 0.625. The highest BCUT2D eigenvalue weighted by Gasteiger charge is 2.30. The van der Waals surface area contributed by atoms with Crippen LogP contribution in [0.3, 0.4) is 0 Å². The third-order valence-electron chi connectivity index (χ3n) is 2.80. The van der Waals surface area contributed by atoms with E-state index < -0.39 is 20.8 Å². The Morgan fingerprint density at radius 2 is 2.29 bits per heavy atom. The molecule has 8 nitrogen and oxygen atoms in total. The highest BCUT2D eigenvalue weighted by Crippen LogP contribution is 2.29. The Balaban J connectivity index is 2.32. The van der Waals surface area contributed by atoms with E-state index in [0.29, 0.717) is 12.8 Å². The van der Waals surface area contributed by atoms with Crippen molar-refractivity contribution < 1.29 is 13.3 Å². The van der Waals surface area contributed by atoms with Crippen molar-refractivity contribution in [3.8, 4) is 0 Å². The van der Waals surface area contributed by atoms with Crippen LogP contribution in [0.25, 0.3) is 0 Å². The maximum Gasteiger partial charge on any atom is 0.330 e. The summed E-state index contributed by atoms with van der Waals surface area (Å²) in [6, 6.07) is -0.401. The van der Waals surface area contributed by atoms with Crippen LogP contribution < -0.4 is 5.73 Å². The Bertz CT molecular complexity index is 550.